The highest BCUT2D eigenvalue weighted by Crippen LogP contribution is 2.28. The number of hydrogen-bond donors (Lipinski definition) is 2. The van der Waals surface area contributed by atoms with Crippen molar-refractivity contribution >= 4 is 11.6 Å². The van der Waals surface area contributed by atoms with E-state index in [0.717, 1.165) is 19.4 Å². The Morgan fingerprint density at radius 1 is 1.76 bits per heavy atom. The lowest BCUT2D eigenvalue weighted by atomic mass is 10.1. The molecule has 1 saturated heterocycles. The Bertz CT molecular complexity index is 364. The van der Waals surface area contributed by atoms with Crippen LogP contribution in [0.2, 0.25) is 5.02 Å². The normalized spacial score (nSPS) is 21.9. The number of nitrogens with one attached hydrogen (secondary N) is 1. The largest absolute Gasteiger partial charge is 0.385 e. The van der Waals surface area contributed by atoms with Crippen molar-refractivity contribution in [3.05, 3.63) is 16.9 Å². The molecule has 1 aliphatic heterocycles. The molecule has 1 aliphatic rings. The van der Waals surface area contributed by atoms with Crippen molar-refractivity contribution in [2.24, 2.45) is 0 Å². The van der Waals surface area contributed by atoms with E-state index in [4.69, 9.17) is 16.3 Å². The van der Waals surface area contributed by atoms with Crippen LogP contribution in [0.5, 0.6) is 0 Å². The third-order valence-electron chi connectivity index (χ3n) is 3.10. The van der Waals surface area contributed by atoms with Crippen molar-refractivity contribution < 1.29 is 9.84 Å². The van der Waals surface area contributed by atoms with Gasteiger partial charge in [-0.1, -0.05) is 11.6 Å². The highest BCUT2D eigenvalue weighted by molar-refractivity contribution is 6.31. The number of nitrogens with zero attached hydrogens (tertiary/aromatic N) is 2. The van der Waals surface area contributed by atoms with E-state index >= 15 is 0 Å². The Labute approximate surface area is 106 Å². The van der Waals surface area contributed by atoms with Gasteiger partial charge in [0, 0.05) is 13.2 Å². The topological polar surface area (TPSA) is 59.3 Å². The maximum atomic E-state index is 10.3. The average molecular weight is 260 g/mol. The van der Waals surface area contributed by atoms with E-state index in [1.807, 2.05) is 0 Å². The summed E-state index contributed by atoms with van der Waals surface area (Å²) in [4.78, 5) is 0. The third-order valence-corrected chi connectivity index (χ3v) is 3.39. The average Bonchev–Trinajstić information content (AvgIpc) is 2.95. The van der Waals surface area contributed by atoms with Crippen LogP contribution in [0, 0.1) is 0 Å². The van der Waals surface area contributed by atoms with Crippen molar-refractivity contribution in [2.45, 2.75) is 31.5 Å². The highest BCUT2D eigenvalue weighted by atomic mass is 35.5. The van der Waals surface area contributed by atoms with Crippen molar-refractivity contribution in [3.8, 4) is 0 Å². The van der Waals surface area contributed by atoms with Gasteiger partial charge in [0.05, 0.1) is 30.1 Å². The molecule has 17 heavy (non-hydrogen) atoms. The first-order chi connectivity index (χ1) is 8.24. The standard InChI is InChI=1S/C11H18ClN3O2/c1-17-6-5-15-10(8(12)7-14-15)11(16)9-3-2-4-13-9/h7,9,11,13,16H,2-6H2,1H3. The summed E-state index contributed by atoms with van der Waals surface area (Å²) in [5.74, 6) is 0. The van der Waals surface area contributed by atoms with E-state index in [9.17, 15) is 5.11 Å². The first-order valence-corrected chi connectivity index (χ1v) is 6.23. The van der Waals surface area contributed by atoms with Crippen LogP contribution in [0.1, 0.15) is 24.6 Å². The van der Waals surface area contributed by atoms with Gasteiger partial charge in [-0.25, -0.2) is 0 Å². The molecule has 0 aromatic carbocycles. The van der Waals surface area contributed by atoms with E-state index in [1.165, 1.54) is 0 Å². The maximum Gasteiger partial charge on any atom is 0.112 e. The first-order valence-electron chi connectivity index (χ1n) is 5.85. The highest BCUT2D eigenvalue weighted by Gasteiger charge is 2.28. The summed E-state index contributed by atoms with van der Waals surface area (Å²) in [7, 11) is 1.64. The van der Waals surface area contributed by atoms with E-state index < -0.39 is 6.10 Å². The number of hydrogen-bond acceptors (Lipinski definition) is 4. The zero-order valence-electron chi connectivity index (χ0n) is 9.90. The monoisotopic (exact) mass is 259 g/mol. The second-order valence-corrected chi connectivity index (χ2v) is 4.65. The Kier molecular flexibility index (Phi) is 4.39. The molecular weight excluding hydrogens is 242 g/mol. The Balaban J connectivity index is 2.14. The predicted octanol–water partition coefficient (Wildman–Crippen LogP) is 0.968. The van der Waals surface area contributed by atoms with Crippen LogP contribution in [0.4, 0.5) is 0 Å². The van der Waals surface area contributed by atoms with Gasteiger partial charge in [0.15, 0.2) is 0 Å². The van der Waals surface area contributed by atoms with Gasteiger partial charge in [-0.15, -0.1) is 0 Å². The number of halogens is 1. The molecule has 6 heteroatoms. The Morgan fingerprint density at radius 3 is 3.24 bits per heavy atom. The van der Waals surface area contributed by atoms with Gasteiger partial charge in [0.25, 0.3) is 0 Å². The molecular formula is C11H18ClN3O2. The van der Waals surface area contributed by atoms with Crippen LogP contribution in [0.25, 0.3) is 0 Å². The first kappa shape index (κ1) is 12.8. The van der Waals surface area contributed by atoms with Gasteiger partial charge in [0.2, 0.25) is 0 Å². The number of aliphatic hydroxyl groups excluding tert-OH is 1. The molecule has 1 aromatic heterocycles. The summed E-state index contributed by atoms with van der Waals surface area (Å²) < 4.78 is 6.73. The lowest BCUT2D eigenvalue weighted by Crippen LogP contribution is -2.30. The molecule has 0 spiro atoms. The van der Waals surface area contributed by atoms with Crippen LogP contribution in [-0.4, -0.2) is 41.2 Å². The molecule has 5 nitrogen and oxygen atoms in total. The van der Waals surface area contributed by atoms with Crippen molar-refractivity contribution in [1.29, 1.82) is 0 Å². The van der Waals surface area contributed by atoms with E-state index in [1.54, 1.807) is 18.0 Å². The summed E-state index contributed by atoms with van der Waals surface area (Å²) in [5.41, 5.74) is 0.683. The molecule has 0 saturated carbocycles. The SMILES string of the molecule is COCCn1ncc(Cl)c1C(O)C1CCCN1. The summed E-state index contributed by atoms with van der Waals surface area (Å²) in [6.45, 7) is 2.10. The van der Waals surface area contributed by atoms with Gasteiger partial charge in [0.1, 0.15) is 6.10 Å². The molecule has 0 bridgehead atoms. The van der Waals surface area contributed by atoms with E-state index in [-0.39, 0.29) is 6.04 Å². The molecule has 2 unspecified atom stereocenters. The van der Waals surface area contributed by atoms with Gasteiger partial charge < -0.3 is 15.2 Å². The molecule has 0 radical (unpaired) electrons. The van der Waals surface area contributed by atoms with Crippen LogP contribution in [0.3, 0.4) is 0 Å². The quantitative estimate of drug-likeness (QED) is 0.827. The van der Waals surface area contributed by atoms with Crippen molar-refractivity contribution in [3.63, 3.8) is 0 Å². The zero-order chi connectivity index (χ0) is 12.3. The van der Waals surface area contributed by atoms with Crippen molar-refractivity contribution in [1.82, 2.24) is 15.1 Å². The van der Waals surface area contributed by atoms with E-state index in [0.29, 0.717) is 23.9 Å². The number of aromatic nitrogens is 2. The molecule has 96 valence electrons. The summed E-state index contributed by atoms with van der Waals surface area (Å²) in [6, 6.07) is 0.0745. The second-order valence-electron chi connectivity index (χ2n) is 4.24. The fraction of sp³-hybridized carbons (Fsp3) is 0.727. The van der Waals surface area contributed by atoms with E-state index in [2.05, 4.69) is 10.4 Å². The van der Waals surface area contributed by atoms with Crippen LogP contribution >= 0.6 is 11.6 Å². The maximum absolute atomic E-state index is 10.3. The fourth-order valence-corrected chi connectivity index (χ4v) is 2.45. The predicted molar refractivity (Wildman–Crippen MR) is 65.1 cm³/mol. The molecule has 2 heterocycles. The van der Waals surface area contributed by atoms with Crippen LogP contribution in [0.15, 0.2) is 6.20 Å². The smallest absolute Gasteiger partial charge is 0.112 e. The molecule has 2 rings (SSSR count). The summed E-state index contributed by atoms with van der Waals surface area (Å²) >= 11 is 6.09. The minimum Gasteiger partial charge on any atom is -0.385 e. The van der Waals surface area contributed by atoms with Gasteiger partial charge in [-0.2, -0.15) is 5.10 Å². The van der Waals surface area contributed by atoms with Crippen LogP contribution in [-0.2, 0) is 11.3 Å². The van der Waals surface area contributed by atoms with Gasteiger partial charge in [-0.3, -0.25) is 4.68 Å². The summed E-state index contributed by atoms with van der Waals surface area (Å²) in [5, 5.41) is 18.3. The number of aliphatic hydroxyl groups is 1. The van der Waals surface area contributed by atoms with Crippen molar-refractivity contribution in [2.75, 3.05) is 20.3 Å². The molecule has 0 aliphatic carbocycles. The lowest BCUT2D eigenvalue weighted by molar-refractivity contribution is 0.122. The summed E-state index contributed by atoms with van der Waals surface area (Å²) in [6.07, 6.45) is 3.02. The molecule has 2 N–H and O–H groups in total. The zero-order valence-corrected chi connectivity index (χ0v) is 10.7. The molecule has 2 atom stereocenters. The number of methoxy groups -OCH3 is 1. The lowest BCUT2D eigenvalue weighted by Gasteiger charge is -2.20. The molecule has 1 fully saturated rings. The van der Waals surface area contributed by atoms with Gasteiger partial charge >= 0.3 is 0 Å². The third kappa shape index (κ3) is 2.80. The minimum absolute atomic E-state index is 0.0745. The second kappa shape index (κ2) is 5.82. The Morgan fingerprint density at radius 2 is 2.59 bits per heavy atom. The molecule has 1 aromatic rings. The number of rotatable bonds is 5. The Hall–Kier alpha value is -0.620. The number of ether oxygens (including phenoxy) is 1. The van der Waals surface area contributed by atoms with Gasteiger partial charge in [-0.05, 0) is 19.4 Å². The fourth-order valence-electron chi connectivity index (χ4n) is 2.19. The van der Waals surface area contributed by atoms with Crippen LogP contribution < -0.4 is 5.32 Å². The molecule has 0 amide bonds. The minimum atomic E-state index is -0.607.